The van der Waals surface area contributed by atoms with Crippen molar-refractivity contribution in [2.45, 2.75) is 59.5 Å². The Morgan fingerprint density at radius 1 is 1.21 bits per heavy atom. The summed E-state index contributed by atoms with van der Waals surface area (Å²) in [6, 6.07) is 0. The van der Waals surface area contributed by atoms with Crippen molar-refractivity contribution in [2.24, 2.45) is 11.3 Å². The highest BCUT2D eigenvalue weighted by atomic mass is 35.5. The first-order valence-corrected chi connectivity index (χ1v) is 8.79. The van der Waals surface area contributed by atoms with Crippen molar-refractivity contribution >= 4 is 18.3 Å². The summed E-state index contributed by atoms with van der Waals surface area (Å²) in [5.41, 5.74) is 0.0208. The predicted molar refractivity (Wildman–Crippen MR) is 96.2 cm³/mol. The Kier molecular flexibility index (Phi) is 5.91. The fourth-order valence-corrected chi connectivity index (χ4v) is 3.42. The van der Waals surface area contributed by atoms with Gasteiger partial charge in [-0.3, -0.25) is 4.79 Å². The maximum atomic E-state index is 12.7. The predicted octanol–water partition coefficient (Wildman–Crippen LogP) is 2.19. The highest BCUT2D eigenvalue weighted by molar-refractivity contribution is 5.85. The summed E-state index contributed by atoms with van der Waals surface area (Å²) in [6.45, 7) is 12.9. The summed E-state index contributed by atoms with van der Waals surface area (Å²) in [7, 11) is 0. The summed E-state index contributed by atoms with van der Waals surface area (Å²) in [4.78, 5) is 14.7. The molecular formula is C17H30ClN5O. The molecule has 0 aromatic carbocycles. The molecule has 1 atom stereocenters. The minimum atomic E-state index is 0. The third kappa shape index (κ3) is 3.75. The van der Waals surface area contributed by atoms with E-state index < -0.39 is 0 Å². The lowest BCUT2D eigenvalue weighted by Gasteiger charge is -2.36. The van der Waals surface area contributed by atoms with Gasteiger partial charge in [-0.25, -0.2) is 0 Å². The lowest BCUT2D eigenvalue weighted by atomic mass is 9.80. The van der Waals surface area contributed by atoms with E-state index in [0.717, 1.165) is 57.2 Å². The Hall–Kier alpha value is -1.14. The minimum Gasteiger partial charge on any atom is -0.342 e. The van der Waals surface area contributed by atoms with E-state index in [-0.39, 0.29) is 23.7 Å². The van der Waals surface area contributed by atoms with Gasteiger partial charge in [-0.15, -0.1) is 22.6 Å². The number of hydrogen-bond donors (Lipinski definition) is 1. The van der Waals surface area contributed by atoms with E-state index in [1.54, 1.807) is 0 Å². The number of hydrogen-bond acceptors (Lipinski definition) is 4. The molecule has 0 spiro atoms. The Bertz CT molecular complexity index is 572. The smallest absolute Gasteiger partial charge is 0.225 e. The maximum Gasteiger partial charge on any atom is 0.225 e. The molecule has 7 heteroatoms. The number of halogens is 1. The van der Waals surface area contributed by atoms with Crippen LogP contribution >= 0.6 is 12.4 Å². The monoisotopic (exact) mass is 355 g/mol. The first-order chi connectivity index (χ1) is 10.9. The third-order valence-corrected chi connectivity index (χ3v) is 5.49. The van der Waals surface area contributed by atoms with Gasteiger partial charge in [0.1, 0.15) is 11.6 Å². The average Bonchev–Trinajstić information content (AvgIpc) is 2.97. The van der Waals surface area contributed by atoms with Crippen LogP contribution in [0.5, 0.6) is 0 Å². The topological polar surface area (TPSA) is 63.1 Å². The Labute approximate surface area is 150 Å². The van der Waals surface area contributed by atoms with Gasteiger partial charge in [0.2, 0.25) is 5.91 Å². The molecule has 6 nitrogen and oxygen atoms in total. The second-order valence-corrected chi connectivity index (χ2v) is 7.99. The van der Waals surface area contributed by atoms with Gasteiger partial charge in [0.15, 0.2) is 0 Å². The van der Waals surface area contributed by atoms with Crippen molar-refractivity contribution in [3.05, 3.63) is 11.6 Å². The minimum absolute atomic E-state index is 0. The van der Waals surface area contributed by atoms with E-state index >= 15 is 0 Å². The van der Waals surface area contributed by atoms with Gasteiger partial charge < -0.3 is 14.8 Å². The standard InChI is InChI=1S/C17H29N5O.ClH/c1-12(17(2,3)4)16(23)21-8-5-13(6-9-21)15-20-19-14-11-18-7-10-22(14)15;/h12-13,18H,5-11H2,1-4H3;1H. The molecule has 1 N–H and O–H groups in total. The lowest BCUT2D eigenvalue weighted by Crippen LogP contribution is -2.44. The summed E-state index contributed by atoms with van der Waals surface area (Å²) in [6.07, 6.45) is 1.99. The molecule has 2 aliphatic heterocycles. The molecule has 24 heavy (non-hydrogen) atoms. The fraction of sp³-hybridized carbons (Fsp3) is 0.824. The molecule has 2 aliphatic rings. The number of carbonyl (C=O) groups excluding carboxylic acids is 1. The number of carbonyl (C=O) groups is 1. The summed E-state index contributed by atoms with van der Waals surface area (Å²) in [5.74, 6) is 2.96. The number of nitrogens with one attached hydrogen (secondary N) is 1. The van der Waals surface area contributed by atoms with E-state index in [1.165, 1.54) is 0 Å². The highest BCUT2D eigenvalue weighted by Gasteiger charge is 2.34. The van der Waals surface area contributed by atoms with Crippen LogP contribution in [0, 0.1) is 11.3 Å². The summed E-state index contributed by atoms with van der Waals surface area (Å²) >= 11 is 0. The van der Waals surface area contributed by atoms with Crippen LogP contribution in [0.1, 0.15) is 58.1 Å². The van der Waals surface area contributed by atoms with Crippen LogP contribution in [0.2, 0.25) is 0 Å². The number of rotatable bonds is 2. The van der Waals surface area contributed by atoms with Gasteiger partial charge in [-0.1, -0.05) is 27.7 Å². The lowest BCUT2D eigenvalue weighted by molar-refractivity contribution is -0.139. The van der Waals surface area contributed by atoms with E-state index in [4.69, 9.17) is 0 Å². The number of fused-ring (bicyclic) bond motifs is 1. The molecule has 3 heterocycles. The number of amides is 1. The van der Waals surface area contributed by atoms with Gasteiger partial charge in [0.05, 0.1) is 6.54 Å². The van der Waals surface area contributed by atoms with Crippen LogP contribution in [-0.4, -0.2) is 45.2 Å². The fourth-order valence-electron chi connectivity index (χ4n) is 3.42. The van der Waals surface area contributed by atoms with Crippen LogP contribution < -0.4 is 5.32 Å². The van der Waals surface area contributed by atoms with Crippen LogP contribution in [0.3, 0.4) is 0 Å². The zero-order valence-corrected chi connectivity index (χ0v) is 16.0. The van der Waals surface area contributed by atoms with Crippen molar-refractivity contribution < 1.29 is 4.79 Å². The molecule has 1 fully saturated rings. The molecule has 1 aromatic rings. The average molecular weight is 356 g/mol. The van der Waals surface area contributed by atoms with Gasteiger partial charge in [-0.2, -0.15) is 0 Å². The third-order valence-electron chi connectivity index (χ3n) is 5.49. The van der Waals surface area contributed by atoms with E-state index in [0.29, 0.717) is 11.8 Å². The second-order valence-electron chi connectivity index (χ2n) is 7.99. The van der Waals surface area contributed by atoms with E-state index in [2.05, 4.69) is 47.8 Å². The van der Waals surface area contributed by atoms with E-state index in [9.17, 15) is 4.79 Å². The molecule has 0 radical (unpaired) electrons. The van der Waals surface area contributed by atoms with Crippen molar-refractivity contribution in [1.29, 1.82) is 0 Å². The first kappa shape index (κ1) is 19.2. The van der Waals surface area contributed by atoms with Crippen LogP contribution in [0.15, 0.2) is 0 Å². The van der Waals surface area contributed by atoms with Gasteiger partial charge >= 0.3 is 0 Å². The summed E-state index contributed by atoms with van der Waals surface area (Å²) in [5, 5.41) is 12.1. The Balaban J connectivity index is 0.00000208. The van der Waals surface area contributed by atoms with Crippen LogP contribution in [0.25, 0.3) is 0 Å². The number of aromatic nitrogens is 3. The first-order valence-electron chi connectivity index (χ1n) is 8.79. The van der Waals surface area contributed by atoms with Crippen molar-refractivity contribution in [1.82, 2.24) is 25.0 Å². The highest BCUT2D eigenvalue weighted by Crippen LogP contribution is 2.31. The molecule has 1 aromatic heterocycles. The Morgan fingerprint density at radius 2 is 1.88 bits per heavy atom. The molecule has 0 aliphatic carbocycles. The Morgan fingerprint density at radius 3 is 2.50 bits per heavy atom. The number of piperidine rings is 1. The SMILES string of the molecule is CC(C(=O)N1CCC(c2nnc3n2CCNC3)CC1)C(C)(C)C.Cl. The zero-order valence-electron chi connectivity index (χ0n) is 15.2. The maximum absolute atomic E-state index is 12.7. The van der Waals surface area contributed by atoms with Gasteiger partial charge in [-0.05, 0) is 18.3 Å². The van der Waals surface area contributed by atoms with Gasteiger partial charge in [0.25, 0.3) is 0 Å². The second kappa shape index (κ2) is 7.40. The molecule has 1 amide bonds. The van der Waals surface area contributed by atoms with E-state index in [1.807, 2.05) is 4.90 Å². The zero-order chi connectivity index (χ0) is 16.6. The van der Waals surface area contributed by atoms with Crippen LogP contribution in [-0.2, 0) is 17.9 Å². The van der Waals surface area contributed by atoms with Crippen molar-refractivity contribution in [3.8, 4) is 0 Å². The van der Waals surface area contributed by atoms with Crippen LogP contribution in [0.4, 0.5) is 0 Å². The normalized spacial score (nSPS) is 20.2. The largest absolute Gasteiger partial charge is 0.342 e. The number of likely N-dealkylation sites (tertiary alicyclic amines) is 1. The molecule has 1 saturated heterocycles. The summed E-state index contributed by atoms with van der Waals surface area (Å²) < 4.78 is 2.27. The molecule has 3 rings (SSSR count). The number of nitrogens with zero attached hydrogens (tertiary/aromatic N) is 4. The molecule has 1 unspecified atom stereocenters. The van der Waals surface area contributed by atoms with Crippen molar-refractivity contribution in [2.75, 3.05) is 19.6 Å². The molecule has 0 saturated carbocycles. The van der Waals surface area contributed by atoms with Gasteiger partial charge in [0, 0.05) is 38.0 Å². The molecular weight excluding hydrogens is 326 g/mol. The quantitative estimate of drug-likeness (QED) is 0.883. The molecule has 0 bridgehead atoms. The van der Waals surface area contributed by atoms with Crippen molar-refractivity contribution in [3.63, 3.8) is 0 Å². The molecule has 136 valence electrons.